The summed E-state index contributed by atoms with van der Waals surface area (Å²) >= 11 is 0. The second-order valence-electron chi connectivity index (χ2n) is 9.79. The molecule has 1 spiro atoms. The number of carbonyl (C=O) groups excluding carboxylic acids is 2. The van der Waals surface area contributed by atoms with Crippen molar-refractivity contribution in [2.24, 2.45) is 0 Å². The third-order valence-corrected chi connectivity index (χ3v) is 7.53. The molecule has 0 radical (unpaired) electrons. The number of aromatic amines is 2. The van der Waals surface area contributed by atoms with Crippen LogP contribution in [0.4, 0.5) is 0 Å². The van der Waals surface area contributed by atoms with Gasteiger partial charge in [0.1, 0.15) is 22.8 Å². The lowest BCUT2D eigenvalue weighted by Gasteiger charge is -2.44. The number of piperidine rings is 1. The Labute approximate surface area is 218 Å². The summed E-state index contributed by atoms with van der Waals surface area (Å²) in [5.74, 6) is 1.31. The van der Waals surface area contributed by atoms with Crippen LogP contribution in [0.3, 0.4) is 0 Å². The lowest BCUT2D eigenvalue weighted by atomic mass is 9.82. The molecule has 0 atom stereocenters. The zero-order valence-electron chi connectivity index (χ0n) is 21.2. The van der Waals surface area contributed by atoms with Gasteiger partial charge in [-0.3, -0.25) is 14.6 Å². The van der Waals surface area contributed by atoms with Crippen LogP contribution in [0.1, 0.15) is 52.6 Å². The SMILES string of the molecule is CCc1cccc2c(OC)cc(C(=O)N3CCC4(CC3)CC(=O)c3cc(-c5n[nH]c(=O)[nH]5)ccc3O4)nc12. The summed E-state index contributed by atoms with van der Waals surface area (Å²) in [4.78, 5) is 47.1. The largest absolute Gasteiger partial charge is 0.496 e. The van der Waals surface area contributed by atoms with Crippen molar-refractivity contribution in [3.05, 3.63) is 69.8 Å². The Morgan fingerprint density at radius 1 is 1.16 bits per heavy atom. The highest BCUT2D eigenvalue weighted by Gasteiger charge is 2.44. The minimum atomic E-state index is -0.660. The molecule has 0 saturated carbocycles. The van der Waals surface area contributed by atoms with E-state index in [9.17, 15) is 14.4 Å². The Morgan fingerprint density at radius 2 is 1.97 bits per heavy atom. The van der Waals surface area contributed by atoms with E-state index in [0.29, 0.717) is 60.1 Å². The number of fused-ring (bicyclic) bond motifs is 2. The Hall–Kier alpha value is -4.47. The van der Waals surface area contributed by atoms with Crippen molar-refractivity contribution >= 4 is 22.6 Å². The Kier molecular flexibility index (Phi) is 5.74. The van der Waals surface area contributed by atoms with Crippen molar-refractivity contribution in [3.8, 4) is 22.9 Å². The number of amides is 1. The number of H-pyrrole nitrogens is 2. The lowest BCUT2D eigenvalue weighted by Crippen LogP contribution is -2.52. The molecule has 194 valence electrons. The van der Waals surface area contributed by atoms with Gasteiger partial charge in [0.05, 0.1) is 24.6 Å². The smallest absolute Gasteiger partial charge is 0.340 e. The number of aromatic nitrogens is 4. The van der Waals surface area contributed by atoms with E-state index in [1.54, 1.807) is 36.3 Å². The fraction of sp³-hybridized carbons (Fsp3) is 0.321. The second-order valence-corrected chi connectivity index (χ2v) is 9.79. The molecule has 1 amide bonds. The van der Waals surface area contributed by atoms with Crippen LogP contribution in [0.5, 0.6) is 11.5 Å². The van der Waals surface area contributed by atoms with E-state index >= 15 is 0 Å². The number of hydrogen-bond acceptors (Lipinski definition) is 7. The first kappa shape index (κ1) is 23.9. The molecule has 1 fully saturated rings. The monoisotopic (exact) mass is 513 g/mol. The first-order valence-corrected chi connectivity index (χ1v) is 12.7. The van der Waals surface area contributed by atoms with E-state index in [-0.39, 0.29) is 18.1 Å². The van der Waals surface area contributed by atoms with E-state index in [2.05, 4.69) is 22.1 Å². The van der Waals surface area contributed by atoms with Crippen molar-refractivity contribution in [3.63, 3.8) is 0 Å². The first-order valence-electron chi connectivity index (χ1n) is 12.7. The number of nitrogens with zero attached hydrogens (tertiary/aromatic N) is 3. The molecule has 2 aromatic heterocycles. The van der Waals surface area contributed by atoms with Crippen LogP contribution in [-0.4, -0.2) is 62.6 Å². The van der Waals surface area contributed by atoms with Gasteiger partial charge >= 0.3 is 5.69 Å². The van der Waals surface area contributed by atoms with Crippen LogP contribution in [0.15, 0.2) is 47.3 Å². The molecular formula is C28H27N5O5. The zero-order valence-corrected chi connectivity index (χ0v) is 21.2. The molecule has 2 aliphatic rings. The molecule has 2 aromatic carbocycles. The number of carbonyl (C=O) groups is 2. The number of likely N-dealkylation sites (tertiary alicyclic amines) is 1. The summed E-state index contributed by atoms with van der Waals surface area (Å²) in [6.45, 7) is 2.96. The van der Waals surface area contributed by atoms with Crippen molar-refractivity contribution in [1.82, 2.24) is 25.1 Å². The average molecular weight is 514 g/mol. The third-order valence-electron chi connectivity index (χ3n) is 7.53. The third kappa shape index (κ3) is 4.02. The van der Waals surface area contributed by atoms with Crippen LogP contribution in [-0.2, 0) is 6.42 Å². The van der Waals surface area contributed by atoms with Gasteiger partial charge in [0, 0.05) is 42.9 Å². The van der Waals surface area contributed by atoms with Crippen molar-refractivity contribution in [2.45, 2.75) is 38.2 Å². The molecule has 1 saturated heterocycles. The predicted octanol–water partition coefficient (Wildman–Crippen LogP) is 3.52. The number of rotatable bonds is 4. The fourth-order valence-corrected chi connectivity index (χ4v) is 5.45. The highest BCUT2D eigenvalue weighted by molar-refractivity contribution is 6.01. The maximum atomic E-state index is 13.5. The fourth-order valence-electron chi connectivity index (χ4n) is 5.45. The second kappa shape index (κ2) is 9.13. The highest BCUT2D eigenvalue weighted by Crippen LogP contribution is 2.41. The van der Waals surface area contributed by atoms with E-state index in [0.717, 1.165) is 22.9 Å². The lowest BCUT2D eigenvalue weighted by molar-refractivity contribution is -0.00583. The van der Waals surface area contributed by atoms with Crippen molar-refractivity contribution in [2.75, 3.05) is 20.2 Å². The first-order chi connectivity index (χ1) is 18.4. The summed E-state index contributed by atoms with van der Waals surface area (Å²) in [5.41, 5.74) is 2.21. The van der Waals surface area contributed by atoms with Gasteiger partial charge in [-0.15, -0.1) is 0 Å². The Balaban J connectivity index is 1.21. The summed E-state index contributed by atoms with van der Waals surface area (Å²) < 4.78 is 12.0. The maximum Gasteiger partial charge on any atom is 0.340 e. The number of ether oxygens (including phenoxy) is 2. The molecular weight excluding hydrogens is 486 g/mol. The molecule has 0 aliphatic carbocycles. The minimum absolute atomic E-state index is 0.0289. The molecule has 10 nitrogen and oxygen atoms in total. The van der Waals surface area contributed by atoms with Crippen molar-refractivity contribution < 1.29 is 19.1 Å². The zero-order chi connectivity index (χ0) is 26.4. The van der Waals surface area contributed by atoms with E-state index in [1.165, 1.54) is 0 Å². The van der Waals surface area contributed by atoms with E-state index in [1.807, 2.05) is 18.2 Å². The van der Waals surface area contributed by atoms with Crippen LogP contribution >= 0.6 is 0 Å². The van der Waals surface area contributed by atoms with Gasteiger partial charge in [-0.2, -0.15) is 5.10 Å². The highest BCUT2D eigenvalue weighted by atomic mass is 16.5. The molecule has 2 N–H and O–H groups in total. The van der Waals surface area contributed by atoms with Crippen molar-refractivity contribution in [1.29, 1.82) is 0 Å². The van der Waals surface area contributed by atoms with Crippen LogP contribution in [0.2, 0.25) is 0 Å². The summed E-state index contributed by atoms with van der Waals surface area (Å²) in [6.07, 6.45) is 2.09. The normalized spacial score (nSPS) is 16.4. The molecule has 2 aliphatic heterocycles. The molecule has 4 heterocycles. The number of hydrogen-bond donors (Lipinski definition) is 2. The van der Waals surface area contributed by atoms with E-state index in [4.69, 9.17) is 14.5 Å². The van der Waals surface area contributed by atoms with Crippen LogP contribution < -0.4 is 15.2 Å². The minimum Gasteiger partial charge on any atom is -0.496 e. The number of para-hydroxylation sites is 1. The molecule has 10 heteroatoms. The van der Waals surface area contributed by atoms with Crippen LogP contribution in [0.25, 0.3) is 22.3 Å². The average Bonchev–Trinajstić information content (AvgIpc) is 3.38. The number of benzene rings is 2. The Morgan fingerprint density at radius 3 is 2.68 bits per heavy atom. The van der Waals surface area contributed by atoms with Gasteiger partial charge in [-0.25, -0.2) is 14.9 Å². The molecule has 38 heavy (non-hydrogen) atoms. The van der Waals surface area contributed by atoms with E-state index < -0.39 is 11.3 Å². The molecule has 6 rings (SSSR count). The van der Waals surface area contributed by atoms with Gasteiger partial charge in [-0.05, 0) is 36.2 Å². The molecule has 0 unspecified atom stereocenters. The quantitative estimate of drug-likeness (QED) is 0.427. The van der Waals surface area contributed by atoms with Gasteiger partial charge < -0.3 is 14.4 Å². The van der Waals surface area contributed by atoms with Gasteiger partial charge in [0.2, 0.25) is 0 Å². The number of pyridine rings is 1. The topological polar surface area (TPSA) is 130 Å². The summed E-state index contributed by atoms with van der Waals surface area (Å²) in [5, 5.41) is 7.15. The summed E-state index contributed by atoms with van der Waals surface area (Å²) in [7, 11) is 1.60. The predicted molar refractivity (Wildman–Crippen MR) is 140 cm³/mol. The Bertz CT molecular complexity index is 1630. The molecule has 4 aromatic rings. The summed E-state index contributed by atoms with van der Waals surface area (Å²) in [6, 6.07) is 12.8. The van der Waals surface area contributed by atoms with Crippen LogP contribution in [0, 0.1) is 0 Å². The standard InChI is InChI=1S/C28H27N5O5/c1-3-16-5-4-6-18-23(37-2)14-20(29-24(16)18)26(35)33-11-9-28(10-12-33)15-21(34)19-13-17(7-8-22(19)38-28)25-30-27(36)32-31-25/h4-8,13-14H,3,9-12,15H2,1-2H3,(H2,30,31,32,36). The number of Topliss-reactive ketones (excluding diaryl/α,β-unsaturated/α-hetero) is 1. The van der Waals surface area contributed by atoms with Gasteiger partial charge in [-0.1, -0.05) is 19.1 Å². The number of methoxy groups -OCH3 is 1. The van der Waals surface area contributed by atoms with Gasteiger partial charge in [0.15, 0.2) is 11.6 Å². The number of nitrogens with one attached hydrogen (secondary N) is 2. The number of ketones is 1. The maximum absolute atomic E-state index is 13.5. The molecule has 0 bridgehead atoms. The van der Waals surface area contributed by atoms with Gasteiger partial charge in [0.25, 0.3) is 5.91 Å². The number of aryl methyl sites for hydroxylation is 1.